The minimum Gasteiger partial charge on any atom is -0.374 e. The van der Waals surface area contributed by atoms with Gasteiger partial charge in [0.1, 0.15) is 0 Å². The molecule has 0 saturated heterocycles. The van der Waals surface area contributed by atoms with Crippen LogP contribution in [0.4, 0.5) is 0 Å². The second-order valence-electron chi connectivity index (χ2n) is 7.08. The van der Waals surface area contributed by atoms with E-state index in [0.29, 0.717) is 6.04 Å². The highest BCUT2D eigenvalue weighted by Crippen LogP contribution is 2.38. The zero-order valence-electron chi connectivity index (χ0n) is 15.0. The Hall–Kier alpha value is -0.0800. The van der Waals surface area contributed by atoms with Gasteiger partial charge in [0.25, 0.3) is 0 Å². The van der Waals surface area contributed by atoms with Crippen LogP contribution in [0.15, 0.2) is 0 Å². The molecule has 1 aliphatic rings. The minimum atomic E-state index is 0.111. The Morgan fingerprint density at radius 2 is 1.67 bits per heavy atom. The van der Waals surface area contributed by atoms with Crippen LogP contribution in [0.2, 0.25) is 0 Å². The third kappa shape index (κ3) is 6.28. The topological polar surface area (TPSA) is 21.3 Å². The number of rotatable bonds is 11. The van der Waals surface area contributed by atoms with Crippen LogP contribution in [0.25, 0.3) is 0 Å². The highest BCUT2D eigenvalue weighted by Gasteiger charge is 2.40. The lowest BCUT2D eigenvalue weighted by atomic mass is 9.74. The first kappa shape index (κ1) is 19.0. The molecule has 0 aromatic heterocycles. The predicted molar refractivity (Wildman–Crippen MR) is 92.8 cm³/mol. The number of unbranched alkanes of at least 4 members (excludes halogenated alkanes) is 5. The molecule has 1 atom stereocenters. The van der Waals surface area contributed by atoms with E-state index in [1.165, 1.54) is 70.6 Å². The van der Waals surface area contributed by atoms with Gasteiger partial charge in [-0.2, -0.15) is 0 Å². The first-order valence-electron chi connectivity index (χ1n) is 9.49. The Morgan fingerprint density at radius 3 is 2.24 bits per heavy atom. The average molecular weight is 298 g/mol. The summed E-state index contributed by atoms with van der Waals surface area (Å²) in [7, 11) is 2.13. The van der Waals surface area contributed by atoms with E-state index < -0.39 is 0 Å². The van der Waals surface area contributed by atoms with Crippen molar-refractivity contribution in [3.05, 3.63) is 0 Å². The van der Waals surface area contributed by atoms with E-state index in [2.05, 4.69) is 33.1 Å². The van der Waals surface area contributed by atoms with Gasteiger partial charge in [-0.05, 0) is 52.0 Å². The van der Waals surface area contributed by atoms with Gasteiger partial charge in [0.15, 0.2) is 0 Å². The molecule has 126 valence electrons. The van der Waals surface area contributed by atoms with Gasteiger partial charge in [0.05, 0.1) is 5.60 Å². The van der Waals surface area contributed by atoms with Crippen molar-refractivity contribution >= 4 is 0 Å². The molecule has 21 heavy (non-hydrogen) atoms. The van der Waals surface area contributed by atoms with Crippen molar-refractivity contribution < 1.29 is 4.74 Å². The molecule has 1 unspecified atom stereocenters. The van der Waals surface area contributed by atoms with Crippen LogP contribution < -0.4 is 5.32 Å². The van der Waals surface area contributed by atoms with Gasteiger partial charge in [0.2, 0.25) is 0 Å². The highest BCUT2D eigenvalue weighted by atomic mass is 16.5. The Bertz CT molecular complexity index is 246. The second kappa shape index (κ2) is 10.6. The summed E-state index contributed by atoms with van der Waals surface area (Å²) in [5, 5.41) is 3.59. The molecule has 1 fully saturated rings. The Labute approximate surface area is 133 Å². The molecule has 1 N–H and O–H groups in total. The van der Waals surface area contributed by atoms with Gasteiger partial charge in [0, 0.05) is 12.6 Å². The summed E-state index contributed by atoms with van der Waals surface area (Å²) in [5.41, 5.74) is 0.111. The third-order valence-corrected chi connectivity index (χ3v) is 5.38. The van der Waals surface area contributed by atoms with Gasteiger partial charge in [-0.15, -0.1) is 0 Å². The number of ether oxygens (including phenoxy) is 1. The molecular weight excluding hydrogens is 258 g/mol. The molecule has 0 aromatic rings. The Balaban J connectivity index is 2.42. The van der Waals surface area contributed by atoms with E-state index in [0.717, 1.165) is 12.5 Å². The van der Waals surface area contributed by atoms with Crippen molar-refractivity contribution in [2.24, 2.45) is 5.92 Å². The van der Waals surface area contributed by atoms with E-state index in [9.17, 15) is 0 Å². The van der Waals surface area contributed by atoms with E-state index in [4.69, 9.17) is 4.74 Å². The molecule has 0 bridgehead atoms. The maximum atomic E-state index is 6.30. The first-order valence-corrected chi connectivity index (χ1v) is 9.49. The lowest BCUT2D eigenvalue weighted by Gasteiger charge is -2.45. The summed E-state index contributed by atoms with van der Waals surface area (Å²) >= 11 is 0. The molecule has 0 amide bonds. The zero-order valence-corrected chi connectivity index (χ0v) is 15.0. The molecule has 2 nitrogen and oxygen atoms in total. The van der Waals surface area contributed by atoms with Gasteiger partial charge < -0.3 is 10.1 Å². The number of hydrogen-bond acceptors (Lipinski definition) is 2. The lowest BCUT2D eigenvalue weighted by Crippen LogP contribution is -2.53. The summed E-state index contributed by atoms with van der Waals surface area (Å²) in [6.45, 7) is 7.67. The van der Waals surface area contributed by atoms with Crippen LogP contribution >= 0.6 is 0 Å². The molecule has 2 heteroatoms. The van der Waals surface area contributed by atoms with E-state index in [-0.39, 0.29) is 5.60 Å². The van der Waals surface area contributed by atoms with Crippen molar-refractivity contribution in [3.8, 4) is 0 Å². The summed E-state index contributed by atoms with van der Waals surface area (Å²) in [6, 6.07) is 0.538. The van der Waals surface area contributed by atoms with Crippen molar-refractivity contribution in [3.63, 3.8) is 0 Å². The lowest BCUT2D eigenvalue weighted by molar-refractivity contribution is -0.0967. The van der Waals surface area contributed by atoms with Crippen molar-refractivity contribution in [2.45, 2.75) is 103 Å². The largest absolute Gasteiger partial charge is 0.374 e. The maximum absolute atomic E-state index is 6.30. The SMILES string of the molecule is CCCCCCCCC(NC)C1(OCC)CCC(C)CC1. The van der Waals surface area contributed by atoms with Crippen molar-refractivity contribution in [2.75, 3.05) is 13.7 Å². The van der Waals surface area contributed by atoms with Gasteiger partial charge >= 0.3 is 0 Å². The molecule has 0 radical (unpaired) electrons. The molecule has 1 saturated carbocycles. The Morgan fingerprint density at radius 1 is 1.05 bits per heavy atom. The third-order valence-electron chi connectivity index (χ3n) is 5.38. The molecular formula is C19H39NO. The van der Waals surface area contributed by atoms with Gasteiger partial charge in [-0.3, -0.25) is 0 Å². The molecule has 0 spiro atoms. The summed E-state index contributed by atoms with van der Waals surface area (Å²) < 4.78 is 6.30. The molecule has 0 aliphatic heterocycles. The van der Waals surface area contributed by atoms with Crippen LogP contribution in [0.1, 0.15) is 91.4 Å². The fourth-order valence-electron chi connectivity index (χ4n) is 3.93. The fourth-order valence-corrected chi connectivity index (χ4v) is 3.93. The Kier molecular flexibility index (Phi) is 9.59. The van der Waals surface area contributed by atoms with Crippen LogP contribution in [-0.2, 0) is 4.74 Å². The number of likely N-dealkylation sites (N-methyl/N-ethyl adjacent to an activating group) is 1. The molecule has 1 aliphatic carbocycles. The summed E-state index contributed by atoms with van der Waals surface area (Å²) in [5.74, 6) is 0.880. The van der Waals surface area contributed by atoms with Crippen molar-refractivity contribution in [1.29, 1.82) is 0 Å². The average Bonchev–Trinajstić information content (AvgIpc) is 2.49. The molecule has 0 heterocycles. The molecule has 0 aromatic carbocycles. The number of nitrogens with one attached hydrogen (secondary N) is 1. The smallest absolute Gasteiger partial charge is 0.0834 e. The monoisotopic (exact) mass is 297 g/mol. The second-order valence-corrected chi connectivity index (χ2v) is 7.08. The summed E-state index contributed by atoms with van der Waals surface area (Å²) in [4.78, 5) is 0. The van der Waals surface area contributed by atoms with Crippen LogP contribution in [0.3, 0.4) is 0 Å². The quantitative estimate of drug-likeness (QED) is 0.522. The zero-order chi connectivity index (χ0) is 15.6. The maximum Gasteiger partial charge on any atom is 0.0834 e. The van der Waals surface area contributed by atoms with Crippen molar-refractivity contribution in [1.82, 2.24) is 5.32 Å². The highest BCUT2D eigenvalue weighted by molar-refractivity contribution is 4.96. The molecule has 1 rings (SSSR count). The van der Waals surface area contributed by atoms with Gasteiger partial charge in [-0.1, -0.05) is 52.4 Å². The first-order chi connectivity index (χ1) is 10.2. The fraction of sp³-hybridized carbons (Fsp3) is 1.00. The van der Waals surface area contributed by atoms with Crippen LogP contribution in [0.5, 0.6) is 0 Å². The van der Waals surface area contributed by atoms with Crippen LogP contribution in [0, 0.1) is 5.92 Å². The standard InChI is InChI=1S/C19H39NO/c1-5-7-8-9-10-11-12-18(20-4)19(21-6-2)15-13-17(3)14-16-19/h17-18,20H,5-16H2,1-4H3. The van der Waals surface area contributed by atoms with Gasteiger partial charge in [-0.25, -0.2) is 0 Å². The van der Waals surface area contributed by atoms with E-state index in [1.807, 2.05) is 0 Å². The predicted octanol–water partition coefficient (Wildman–Crippen LogP) is 5.31. The van der Waals surface area contributed by atoms with E-state index in [1.54, 1.807) is 0 Å². The normalized spacial score (nSPS) is 27.7. The van der Waals surface area contributed by atoms with Crippen LogP contribution in [-0.4, -0.2) is 25.3 Å². The van der Waals surface area contributed by atoms with E-state index >= 15 is 0 Å². The summed E-state index contributed by atoms with van der Waals surface area (Å²) in [6.07, 6.45) is 14.7. The number of hydrogen-bond donors (Lipinski definition) is 1. The minimum absolute atomic E-state index is 0.111.